The van der Waals surface area contributed by atoms with E-state index in [1.54, 1.807) is 7.11 Å². The van der Waals surface area contributed by atoms with Crippen molar-refractivity contribution in [3.05, 3.63) is 59.7 Å². The monoisotopic (exact) mass is 310 g/mol. The number of anilines is 1. The van der Waals surface area contributed by atoms with E-state index in [1.807, 2.05) is 48.2 Å². The molecule has 0 aliphatic carbocycles. The molecule has 0 aromatic heterocycles. The summed E-state index contributed by atoms with van der Waals surface area (Å²) in [7, 11) is 1.67. The summed E-state index contributed by atoms with van der Waals surface area (Å²) in [5.41, 5.74) is 3.12. The summed E-state index contributed by atoms with van der Waals surface area (Å²) in [6, 6.07) is 15.9. The molecule has 23 heavy (non-hydrogen) atoms. The van der Waals surface area contributed by atoms with Gasteiger partial charge in [0.1, 0.15) is 5.75 Å². The van der Waals surface area contributed by atoms with E-state index < -0.39 is 0 Å². The van der Waals surface area contributed by atoms with E-state index in [0.29, 0.717) is 0 Å². The predicted molar refractivity (Wildman–Crippen MR) is 92.3 cm³/mol. The maximum Gasteiger partial charge on any atom is 0.253 e. The quantitative estimate of drug-likeness (QED) is 0.874. The van der Waals surface area contributed by atoms with Crippen molar-refractivity contribution in [2.45, 2.75) is 6.92 Å². The second-order valence-electron chi connectivity index (χ2n) is 5.84. The van der Waals surface area contributed by atoms with Gasteiger partial charge in [-0.3, -0.25) is 4.79 Å². The average molecular weight is 310 g/mol. The Balaban J connectivity index is 1.61. The van der Waals surface area contributed by atoms with Gasteiger partial charge in [-0.1, -0.05) is 17.7 Å². The number of nitrogens with zero attached hydrogens (tertiary/aromatic N) is 2. The summed E-state index contributed by atoms with van der Waals surface area (Å²) < 4.78 is 5.19. The fourth-order valence-electron chi connectivity index (χ4n) is 2.84. The molecule has 0 bridgehead atoms. The fourth-order valence-corrected chi connectivity index (χ4v) is 2.84. The molecule has 120 valence electrons. The fraction of sp³-hybridized carbons (Fsp3) is 0.316. The van der Waals surface area contributed by atoms with Gasteiger partial charge in [0.15, 0.2) is 0 Å². The number of carbonyl (C=O) groups excluding carboxylic acids is 1. The molecule has 0 unspecified atom stereocenters. The van der Waals surface area contributed by atoms with Crippen LogP contribution in [0.25, 0.3) is 0 Å². The second-order valence-corrected chi connectivity index (χ2v) is 5.84. The first kappa shape index (κ1) is 15.4. The molecule has 4 heteroatoms. The number of hydrogen-bond donors (Lipinski definition) is 0. The number of amides is 1. The van der Waals surface area contributed by atoms with Crippen LogP contribution in [0.15, 0.2) is 48.5 Å². The van der Waals surface area contributed by atoms with E-state index in [1.165, 1.54) is 11.3 Å². The van der Waals surface area contributed by atoms with Gasteiger partial charge in [-0.05, 0) is 43.3 Å². The van der Waals surface area contributed by atoms with Crippen molar-refractivity contribution < 1.29 is 9.53 Å². The van der Waals surface area contributed by atoms with Gasteiger partial charge in [0.2, 0.25) is 0 Å². The highest BCUT2D eigenvalue weighted by atomic mass is 16.5. The Morgan fingerprint density at radius 3 is 2.09 bits per heavy atom. The molecule has 4 nitrogen and oxygen atoms in total. The van der Waals surface area contributed by atoms with Crippen LogP contribution < -0.4 is 9.64 Å². The number of ether oxygens (including phenoxy) is 1. The smallest absolute Gasteiger partial charge is 0.253 e. The third-order valence-electron chi connectivity index (χ3n) is 4.30. The van der Waals surface area contributed by atoms with Crippen molar-refractivity contribution in [2.75, 3.05) is 38.2 Å². The zero-order chi connectivity index (χ0) is 16.2. The first-order chi connectivity index (χ1) is 11.2. The van der Waals surface area contributed by atoms with Gasteiger partial charge >= 0.3 is 0 Å². The summed E-state index contributed by atoms with van der Waals surface area (Å²) in [6.07, 6.45) is 0. The Labute approximate surface area is 137 Å². The van der Waals surface area contributed by atoms with Crippen molar-refractivity contribution in [3.63, 3.8) is 0 Å². The molecule has 1 fully saturated rings. The molecule has 1 saturated heterocycles. The highest BCUT2D eigenvalue weighted by Crippen LogP contribution is 2.21. The summed E-state index contributed by atoms with van der Waals surface area (Å²) >= 11 is 0. The Kier molecular flexibility index (Phi) is 4.51. The SMILES string of the molecule is COc1ccc(N2CCN(C(=O)c3ccc(C)cc3)CC2)cc1. The number of aryl methyl sites for hydroxylation is 1. The number of benzene rings is 2. The minimum atomic E-state index is 0.124. The van der Waals surface area contributed by atoms with Crippen molar-refractivity contribution in [1.29, 1.82) is 0 Å². The molecule has 0 saturated carbocycles. The molecule has 0 radical (unpaired) electrons. The zero-order valence-electron chi connectivity index (χ0n) is 13.7. The molecule has 1 aliphatic heterocycles. The first-order valence-electron chi connectivity index (χ1n) is 7.92. The average Bonchev–Trinajstić information content (AvgIpc) is 2.62. The molecular formula is C19H22N2O2. The van der Waals surface area contributed by atoms with Crippen LogP contribution >= 0.6 is 0 Å². The molecule has 1 heterocycles. The largest absolute Gasteiger partial charge is 0.497 e. The van der Waals surface area contributed by atoms with Crippen LogP contribution in [0.3, 0.4) is 0 Å². The van der Waals surface area contributed by atoms with Gasteiger partial charge in [0.25, 0.3) is 5.91 Å². The first-order valence-corrected chi connectivity index (χ1v) is 7.92. The third-order valence-corrected chi connectivity index (χ3v) is 4.30. The Bertz CT molecular complexity index is 657. The van der Waals surface area contributed by atoms with Crippen LogP contribution in [0.4, 0.5) is 5.69 Å². The van der Waals surface area contributed by atoms with Gasteiger partial charge < -0.3 is 14.5 Å². The molecule has 2 aromatic carbocycles. The van der Waals surface area contributed by atoms with Crippen LogP contribution in [0.1, 0.15) is 15.9 Å². The number of hydrogen-bond acceptors (Lipinski definition) is 3. The summed E-state index contributed by atoms with van der Waals surface area (Å²) in [5.74, 6) is 0.987. The minimum Gasteiger partial charge on any atom is -0.497 e. The number of methoxy groups -OCH3 is 1. The van der Waals surface area contributed by atoms with E-state index in [-0.39, 0.29) is 5.91 Å². The zero-order valence-corrected chi connectivity index (χ0v) is 13.7. The molecule has 2 aromatic rings. The lowest BCUT2D eigenvalue weighted by Crippen LogP contribution is -2.48. The Morgan fingerprint density at radius 2 is 1.52 bits per heavy atom. The van der Waals surface area contributed by atoms with Gasteiger partial charge in [-0.25, -0.2) is 0 Å². The molecule has 3 rings (SSSR count). The van der Waals surface area contributed by atoms with E-state index in [9.17, 15) is 4.79 Å². The van der Waals surface area contributed by atoms with E-state index >= 15 is 0 Å². The van der Waals surface area contributed by atoms with Gasteiger partial charge in [-0.2, -0.15) is 0 Å². The topological polar surface area (TPSA) is 32.8 Å². The van der Waals surface area contributed by atoms with Crippen LogP contribution in [0.5, 0.6) is 5.75 Å². The number of rotatable bonds is 3. The van der Waals surface area contributed by atoms with Crippen molar-refractivity contribution in [2.24, 2.45) is 0 Å². The standard InChI is InChI=1S/C19H22N2O2/c1-15-3-5-16(6-4-15)19(22)21-13-11-20(12-14-21)17-7-9-18(23-2)10-8-17/h3-10H,11-14H2,1-2H3. The Hall–Kier alpha value is -2.49. The van der Waals surface area contributed by atoms with E-state index in [4.69, 9.17) is 4.74 Å². The molecule has 0 N–H and O–H groups in total. The summed E-state index contributed by atoms with van der Waals surface area (Å²) in [6.45, 7) is 5.23. The lowest BCUT2D eigenvalue weighted by Gasteiger charge is -2.36. The van der Waals surface area contributed by atoms with Gasteiger partial charge in [0.05, 0.1) is 7.11 Å². The molecule has 0 spiro atoms. The summed E-state index contributed by atoms with van der Waals surface area (Å²) in [5, 5.41) is 0. The highest BCUT2D eigenvalue weighted by Gasteiger charge is 2.22. The van der Waals surface area contributed by atoms with Crippen LogP contribution in [0.2, 0.25) is 0 Å². The highest BCUT2D eigenvalue weighted by molar-refractivity contribution is 5.94. The maximum atomic E-state index is 12.5. The third kappa shape index (κ3) is 3.47. The number of piperazine rings is 1. The van der Waals surface area contributed by atoms with Crippen LogP contribution in [-0.2, 0) is 0 Å². The molecule has 1 aliphatic rings. The van der Waals surface area contributed by atoms with Crippen molar-refractivity contribution in [3.8, 4) is 5.75 Å². The van der Waals surface area contributed by atoms with Crippen molar-refractivity contribution >= 4 is 11.6 Å². The Morgan fingerprint density at radius 1 is 0.913 bits per heavy atom. The van der Waals surface area contributed by atoms with E-state index in [0.717, 1.165) is 37.5 Å². The normalized spacial score (nSPS) is 14.7. The summed E-state index contributed by atoms with van der Waals surface area (Å²) in [4.78, 5) is 16.8. The lowest BCUT2D eigenvalue weighted by atomic mass is 10.1. The van der Waals surface area contributed by atoms with Crippen molar-refractivity contribution in [1.82, 2.24) is 4.90 Å². The second kappa shape index (κ2) is 6.73. The minimum absolute atomic E-state index is 0.124. The van der Waals surface area contributed by atoms with Crippen LogP contribution in [0, 0.1) is 6.92 Å². The molecular weight excluding hydrogens is 288 g/mol. The predicted octanol–water partition coefficient (Wildman–Crippen LogP) is 2.97. The van der Waals surface area contributed by atoms with Crippen LogP contribution in [-0.4, -0.2) is 44.1 Å². The molecule has 1 amide bonds. The molecule has 0 atom stereocenters. The van der Waals surface area contributed by atoms with Gasteiger partial charge in [0, 0.05) is 37.4 Å². The maximum absolute atomic E-state index is 12.5. The number of carbonyl (C=O) groups is 1. The lowest BCUT2D eigenvalue weighted by molar-refractivity contribution is 0.0747. The van der Waals surface area contributed by atoms with Gasteiger partial charge in [-0.15, -0.1) is 0 Å². The van der Waals surface area contributed by atoms with E-state index in [2.05, 4.69) is 17.0 Å².